The van der Waals surface area contributed by atoms with Gasteiger partial charge in [0.15, 0.2) is 0 Å². The van der Waals surface area contributed by atoms with E-state index < -0.39 is 24.0 Å². The van der Waals surface area contributed by atoms with E-state index in [1.807, 2.05) is 121 Å². The van der Waals surface area contributed by atoms with E-state index in [9.17, 15) is 19.2 Å². The summed E-state index contributed by atoms with van der Waals surface area (Å²) in [6.45, 7) is 7.86. The van der Waals surface area contributed by atoms with Gasteiger partial charge in [-0.1, -0.05) is 109 Å². The van der Waals surface area contributed by atoms with Crippen molar-refractivity contribution in [2.24, 2.45) is 9.98 Å². The second-order valence-corrected chi connectivity index (χ2v) is 12.6. The third-order valence-corrected chi connectivity index (χ3v) is 8.60. The summed E-state index contributed by atoms with van der Waals surface area (Å²) in [5.74, 6) is -1.49. The second-order valence-electron chi connectivity index (χ2n) is 12.6. The number of hydrogen-bond donors (Lipinski definition) is 2. The third kappa shape index (κ3) is 11.3. The molecule has 4 aromatic carbocycles. The number of allylic oxidation sites excluding steroid dienone is 2. The van der Waals surface area contributed by atoms with Gasteiger partial charge in [0, 0.05) is 33.9 Å². The molecule has 0 unspecified atom stereocenters. The van der Waals surface area contributed by atoms with E-state index in [0.29, 0.717) is 24.2 Å². The summed E-state index contributed by atoms with van der Waals surface area (Å²) in [6.07, 6.45) is 6.24. The van der Waals surface area contributed by atoms with Gasteiger partial charge in [0.2, 0.25) is 11.8 Å². The molecule has 2 aliphatic rings. The van der Waals surface area contributed by atoms with Crippen molar-refractivity contribution >= 4 is 46.6 Å². The van der Waals surface area contributed by atoms with Gasteiger partial charge in [0.1, 0.15) is 25.3 Å². The number of nitrogens with zero attached hydrogens (tertiary/aromatic N) is 2. The van der Waals surface area contributed by atoms with Crippen molar-refractivity contribution in [1.29, 1.82) is 0 Å². The number of esters is 2. The standard InChI is InChI=1S/2C22H22N2O3/c2*1-2-3-12-18-17-11-7-8-13-19(17)24-22(26)20(23-18)14-21(25)27-15-16-9-5-4-6-10-16/h2*2,4-11,13,20H,1,3,12,14-15H2,(H,24,26)/t2*20-/m10/s1. The van der Waals surface area contributed by atoms with E-state index >= 15 is 0 Å². The van der Waals surface area contributed by atoms with Crippen molar-refractivity contribution < 1.29 is 28.7 Å². The summed E-state index contributed by atoms with van der Waals surface area (Å²) in [5.41, 5.74) is 6.59. The van der Waals surface area contributed by atoms with Gasteiger partial charge >= 0.3 is 11.9 Å². The zero-order valence-electron chi connectivity index (χ0n) is 30.1. The molecule has 0 saturated carbocycles. The second kappa shape index (κ2) is 20.0. The minimum Gasteiger partial charge on any atom is -0.461 e. The van der Waals surface area contributed by atoms with Gasteiger partial charge in [-0.3, -0.25) is 29.2 Å². The van der Waals surface area contributed by atoms with Crippen molar-refractivity contribution in [3.05, 3.63) is 157 Å². The Bertz CT molecular complexity index is 1860. The lowest BCUT2D eigenvalue weighted by molar-refractivity contribution is -0.146. The number of fused-ring (bicyclic) bond motifs is 2. The average molecular weight is 725 g/mol. The first kappa shape index (κ1) is 38.8. The highest BCUT2D eigenvalue weighted by Gasteiger charge is 2.28. The summed E-state index contributed by atoms with van der Waals surface area (Å²) < 4.78 is 10.6. The molecule has 0 spiro atoms. The maximum Gasteiger partial charge on any atom is 0.308 e. The molecule has 6 rings (SSSR count). The number of amides is 2. The van der Waals surface area contributed by atoms with E-state index in [0.717, 1.165) is 46.5 Å². The van der Waals surface area contributed by atoms with Crippen LogP contribution < -0.4 is 10.6 Å². The first-order valence-corrected chi connectivity index (χ1v) is 17.9. The Labute approximate surface area is 315 Å². The molecule has 2 heterocycles. The Morgan fingerprint density at radius 1 is 0.574 bits per heavy atom. The maximum absolute atomic E-state index is 12.6. The smallest absolute Gasteiger partial charge is 0.308 e. The SMILES string of the molecule is C=CCCC1=N[C@@H](CC(=O)OCc2ccccc2)C(=O)Nc2ccccc21.C=CCCC1=N[C@H](CC(=O)OCc2ccccc2)C(=O)Nc2ccccc21. The Hall–Kier alpha value is -6.42. The number of carbonyl (C=O) groups excluding carboxylic acids is 4. The molecule has 54 heavy (non-hydrogen) atoms. The zero-order valence-corrected chi connectivity index (χ0v) is 30.1. The molecule has 10 nitrogen and oxygen atoms in total. The molecular formula is C44H44N4O6. The van der Waals surface area contributed by atoms with Crippen LogP contribution in [0.15, 0.2) is 144 Å². The van der Waals surface area contributed by atoms with E-state index in [2.05, 4.69) is 33.8 Å². The molecule has 10 heteroatoms. The maximum atomic E-state index is 12.6. The van der Waals surface area contributed by atoms with Gasteiger partial charge in [0.25, 0.3) is 0 Å². The Morgan fingerprint density at radius 2 is 0.944 bits per heavy atom. The first-order valence-electron chi connectivity index (χ1n) is 17.9. The Balaban J connectivity index is 0.000000208. The van der Waals surface area contributed by atoms with Crippen LogP contribution in [0.2, 0.25) is 0 Å². The topological polar surface area (TPSA) is 136 Å². The van der Waals surface area contributed by atoms with Crippen LogP contribution in [0.25, 0.3) is 0 Å². The summed E-state index contributed by atoms with van der Waals surface area (Å²) in [6, 6.07) is 32.3. The minimum atomic E-state index is -0.805. The van der Waals surface area contributed by atoms with Gasteiger partial charge in [0.05, 0.1) is 12.8 Å². The fraction of sp³-hybridized carbons (Fsp3) is 0.227. The van der Waals surface area contributed by atoms with Gasteiger partial charge < -0.3 is 20.1 Å². The highest BCUT2D eigenvalue weighted by atomic mass is 16.5. The van der Waals surface area contributed by atoms with Crippen molar-refractivity contribution in [3.63, 3.8) is 0 Å². The van der Waals surface area contributed by atoms with Gasteiger partial charge in [-0.15, -0.1) is 13.2 Å². The number of benzodiazepines with no additional fused rings is 2. The number of aliphatic imine (C=N–C) groups is 2. The Morgan fingerprint density at radius 3 is 1.33 bits per heavy atom. The quantitative estimate of drug-likeness (QED) is 0.101. The predicted octanol–water partition coefficient (Wildman–Crippen LogP) is 7.79. The average Bonchev–Trinajstić information content (AvgIpc) is 3.41. The molecule has 2 amide bonds. The summed E-state index contributed by atoms with van der Waals surface area (Å²) in [4.78, 5) is 58.8. The van der Waals surface area contributed by atoms with Crippen molar-refractivity contribution in [2.75, 3.05) is 10.6 Å². The summed E-state index contributed by atoms with van der Waals surface area (Å²) in [5, 5.41) is 5.74. The lowest BCUT2D eigenvalue weighted by Gasteiger charge is -2.11. The lowest BCUT2D eigenvalue weighted by Crippen LogP contribution is -2.28. The third-order valence-electron chi connectivity index (χ3n) is 8.60. The largest absolute Gasteiger partial charge is 0.461 e. The molecule has 4 aromatic rings. The van der Waals surface area contributed by atoms with E-state index in [-0.39, 0.29) is 37.9 Å². The number of para-hydroxylation sites is 2. The van der Waals surface area contributed by atoms with E-state index in [1.165, 1.54) is 0 Å². The zero-order chi connectivity index (χ0) is 38.1. The molecule has 0 bridgehead atoms. The molecular weight excluding hydrogens is 681 g/mol. The Kier molecular flexibility index (Phi) is 14.4. The van der Waals surface area contributed by atoms with E-state index in [4.69, 9.17) is 9.47 Å². The van der Waals surface area contributed by atoms with Crippen LogP contribution in [0, 0.1) is 0 Å². The molecule has 0 fully saturated rings. The fourth-order valence-electron chi connectivity index (χ4n) is 5.81. The minimum absolute atomic E-state index is 0.0930. The highest BCUT2D eigenvalue weighted by molar-refractivity contribution is 6.13. The molecule has 0 aliphatic carbocycles. The van der Waals surface area contributed by atoms with Gasteiger partial charge in [-0.25, -0.2) is 0 Å². The summed E-state index contributed by atoms with van der Waals surface area (Å²) in [7, 11) is 0. The number of ether oxygens (including phenoxy) is 2. The van der Waals surface area contributed by atoms with Crippen LogP contribution in [0.5, 0.6) is 0 Å². The van der Waals surface area contributed by atoms with Crippen LogP contribution in [-0.2, 0) is 41.9 Å². The fourth-order valence-corrected chi connectivity index (χ4v) is 5.81. The van der Waals surface area contributed by atoms with Gasteiger partial charge in [-0.05, 0) is 48.9 Å². The van der Waals surface area contributed by atoms with Crippen LogP contribution in [0.3, 0.4) is 0 Å². The van der Waals surface area contributed by atoms with Crippen molar-refractivity contribution in [2.45, 2.75) is 63.8 Å². The van der Waals surface area contributed by atoms with Crippen molar-refractivity contribution in [1.82, 2.24) is 0 Å². The van der Waals surface area contributed by atoms with Crippen molar-refractivity contribution in [3.8, 4) is 0 Å². The van der Waals surface area contributed by atoms with Crippen LogP contribution in [0.4, 0.5) is 11.4 Å². The molecule has 0 saturated heterocycles. The number of nitrogens with one attached hydrogen (secondary N) is 2. The normalized spacial score (nSPS) is 15.8. The lowest BCUT2D eigenvalue weighted by atomic mass is 10.0. The number of rotatable bonds is 14. The molecule has 2 aliphatic heterocycles. The molecule has 0 radical (unpaired) electrons. The van der Waals surface area contributed by atoms with E-state index in [1.54, 1.807) is 0 Å². The number of anilines is 2. The van der Waals surface area contributed by atoms with Gasteiger partial charge in [-0.2, -0.15) is 0 Å². The highest BCUT2D eigenvalue weighted by Crippen LogP contribution is 2.25. The molecule has 276 valence electrons. The van der Waals surface area contributed by atoms with Crippen LogP contribution in [-0.4, -0.2) is 47.3 Å². The molecule has 2 atom stereocenters. The molecule has 2 N–H and O–H groups in total. The monoisotopic (exact) mass is 724 g/mol. The number of hydrogen-bond acceptors (Lipinski definition) is 8. The predicted molar refractivity (Wildman–Crippen MR) is 211 cm³/mol. The first-order chi connectivity index (χ1) is 26.3. The summed E-state index contributed by atoms with van der Waals surface area (Å²) >= 11 is 0. The van der Waals surface area contributed by atoms with Crippen LogP contribution in [0.1, 0.15) is 60.8 Å². The van der Waals surface area contributed by atoms with Crippen LogP contribution >= 0.6 is 0 Å². The number of benzene rings is 4. The molecule has 0 aromatic heterocycles. The number of carbonyl (C=O) groups is 4.